The summed E-state index contributed by atoms with van der Waals surface area (Å²) in [6.07, 6.45) is 9.57. The molecule has 0 aromatic carbocycles. The van der Waals surface area contributed by atoms with Crippen LogP contribution in [0.2, 0.25) is 0 Å². The van der Waals surface area contributed by atoms with Crippen molar-refractivity contribution in [3.05, 3.63) is 76.9 Å². The number of nitrogens with one attached hydrogen (secondary N) is 2. The molecule has 8 nitrogen and oxygen atoms in total. The van der Waals surface area contributed by atoms with E-state index in [-0.39, 0.29) is 5.91 Å². The number of hydrazone groups is 1. The molecular formula is C22H23N7O. The lowest BCUT2D eigenvalue weighted by Crippen LogP contribution is -2.20. The number of aryl methyl sites for hydroxylation is 1. The molecular weight excluding hydrogens is 378 g/mol. The summed E-state index contributed by atoms with van der Waals surface area (Å²) in [6.45, 7) is 4.99. The molecule has 0 atom stereocenters. The molecule has 1 aliphatic heterocycles. The second-order valence-electron chi connectivity index (χ2n) is 7.18. The predicted molar refractivity (Wildman–Crippen MR) is 116 cm³/mol. The summed E-state index contributed by atoms with van der Waals surface area (Å²) in [5.41, 5.74) is 8.90. The maximum atomic E-state index is 12.4. The van der Waals surface area contributed by atoms with Crippen LogP contribution in [0.25, 0.3) is 6.08 Å². The van der Waals surface area contributed by atoms with Gasteiger partial charge in [0.1, 0.15) is 5.71 Å². The van der Waals surface area contributed by atoms with Crippen molar-refractivity contribution < 1.29 is 4.79 Å². The maximum absolute atomic E-state index is 12.4. The number of H-pyrrole nitrogens is 1. The van der Waals surface area contributed by atoms with Gasteiger partial charge in [-0.05, 0) is 55.7 Å². The lowest BCUT2D eigenvalue weighted by molar-refractivity contribution is -0.116. The number of carbonyl (C=O) groups excluding carboxylic acids is 1. The van der Waals surface area contributed by atoms with Gasteiger partial charge >= 0.3 is 0 Å². The van der Waals surface area contributed by atoms with E-state index in [4.69, 9.17) is 0 Å². The first kappa shape index (κ1) is 19.5. The molecule has 0 fully saturated rings. The van der Waals surface area contributed by atoms with E-state index in [1.807, 2.05) is 18.2 Å². The maximum Gasteiger partial charge on any atom is 0.273 e. The molecule has 0 bridgehead atoms. The molecule has 3 aromatic rings. The average Bonchev–Trinajstić information content (AvgIpc) is 3.27. The molecule has 3 aromatic heterocycles. The third-order valence-corrected chi connectivity index (χ3v) is 5.27. The van der Waals surface area contributed by atoms with Crippen molar-refractivity contribution in [2.75, 3.05) is 18.5 Å². The number of hydrogen-bond donors (Lipinski definition) is 2. The summed E-state index contributed by atoms with van der Waals surface area (Å²) in [6, 6.07) is 5.72. The lowest BCUT2D eigenvalue weighted by Gasteiger charge is -2.19. The smallest absolute Gasteiger partial charge is 0.273 e. The monoisotopic (exact) mass is 401 g/mol. The molecule has 2 N–H and O–H groups in total. The van der Waals surface area contributed by atoms with Crippen LogP contribution in [0.4, 0.5) is 5.69 Å². The van der Waals surface area contributed by atoms with Gasteiger partial charge in [-0.2, -0.15) is 5.10 Å². The summed E-state index contributed by atoms with van der Waals surface area (Å²) in [7, 11) is 2.07. The molecule has 0 unspecified atom stereocenters. The van der Waals surface area contributed by atoms with Gasteiger partial charge in [0.05, 0.1) is 5.57 Å². The van der Waals surface area contributed by atoms with Crippen molar-refractivity contribution in [3.8, 4) is 0 Å². The van der Waals surface area contributed by atoms with E-state index < -0.39 is 0 Å². The number of hydrogen-bond acceptors (Lipinski definition) is 6. The first-order chi connectivity index (χ1) is 14.5. The largest absolute Gasteiger partial charge is 0.374 e. The number of pyridine rings is 1. The molecule has 1 aliphatic rings. The molecule has 0 saturated carbocycles. The molecule has 0 saturated heterocycles. The quantitative estimate of drug-likeness (QED) is 0.618. The van der Waals surface area contributed by atoms with Gasteiger partial charge in [0.2, 0.25) is 0 Å². The van der Waals surface area contributed by atoms with Crippen molar-refractivity contribution >= 4 is 23.4 Å². The first-order valence-corrected chi connectivity index (χ1v) is 9.71. The minimum absolute atomic E-state index is 0.261. The van der Waals surface area contributed by atoms with E-state index in [2.05, 4.69) is 56.3 Å². The second-order valence-corrected chi connectivity index (χ2v) is 7.18. The summed E-state index contributed by atoms with van der Waals surface area (Å²) in [4.78, 5) is 30.5. The SMILES string of the molecule is Cc1[nH]c(/C=C2/C(=O)NN=C2c2ncccn2)c(C)c1CCN(C)c1ccncc1. The van der Waals surface area contributed by atoms with Gasteiger partial charge in [0, 0.05) is 55.5 Å². The van der Waals surface area contributed by atoms with Crippen molar-refractivity contribution in [3.63, 3.8) is 0 Å². The number of carbonyl (C=O) groups is 1. The molecule has 30 heavy (non-hydrogen) atoms. The zero-order valence-corrected chi connectivity index (χ0v) is 17.2. The standard InChI is InChI=1S/C22H23N7O/c1-14-17(7-12-29(3)16-5-10-23-11-6-16)15(2)26-19(14)13-18-20(27-28-22(18)30)21-24-8-4-9-25-21/h4-6,8-11,13,26H,7,12H2,1-3H3,(H,28,30)/b18-13+. The minimum atomic E-state index is -0.261. The van der Waals surface area contributed by atoms with Gasteiger partial charge in [-0.3, -0.25) is 9.78 Å². The van der Waals surface area contributed by atoms with Crippen molar-refractivity contribution in [2.45, 2.75) is 20.3 Å². The van der Waals surface area contributed by atoms with E-state index >= 15 is 0 Å². The highest BCUT2D eigenvalue weighted by Crippen LogP contribution is 2.23. The van der Waals surface area contributed by atoms with Crippen LogP contribution >= 0.6 is 0 Å². The van der Waals surface area contributed by atoms with Crippen LogP contribution in [0.15, 0.2) is 53.7 Å². The van der Waals surface area contributed by atoms with Gasteiger partial charge in [-0.25, -0.2) is 15.4 Å². The van der Waals surface area contributed by atoms with E-state index in [0.717, 1.165) is 35.6 Å². The lowest BCUT2D eigenvalue weighted by atomic mass is 10.0. The fourth-order valence-electron chi connectivity index (χ4n) is 3.55. The van der Waals surface area contributed by atoms with Crippen LogP contribution in [0.3, 0.4) is 0 Å². The molecule has 4 heterocycles. The summed E-state index contributed by atoms with van der Waals surface area (Å²) in [5.74, 6) is 0.158. The van der Waals surface area contributed by atoms with Gasteiger partial charge in [-0.1, -0.05) is 0 Å². The Morgan fingerprint density at radius 2 is 1.83 bits per heavy atom. The Morgan fingerprint density at radius 1 is 1.10 bits per heavy atom. The number of rotatable bonds is 6. The van der Waals surface area contributed by atoms with E-state index in [1.165, 1.54) is 5.56 Å². The minimum Gasteiger partial charge on any atom is -0.374 e. The Labute approximate surface area is 174 Å². The average molecular weight is 401 g/mol. The molecule has 152 valence electrons. The number of likely N-dealkylation sites (N-methyl/N-ethyl adjacent to an activating group) is 1. The van der Waals surface area contributed by atoms with Crippen LogP contribution in [-0.4, -0.2) is 45.1 Å². The highest BCUT2D eigenvalue weighted by molar-refractivity contribution is 6.32. The topological polar surface area (TPSA) is 99.2 Å². The van der Waals surface area contributed by atoms with Crippen LogP contribution in [0, 0.1) is 13.8 Å². The third kappa shape index (κ3) is 3.84. The molecule has 4 rings (SSSR count). The Hall–Kier alpha value is -3.81. The fraction of sp³-hybridized carbons (Fsp3) is 0.227. The second kappa shape index (κ2) is 8.28. The fourth-order valence-corrected chi connectivity index (χ4v) is 3.55. The number of amides is 1. The summed E-state index contributed by atoms with van der Waals surface area (Å²) >= 11 is 0. The molecule has 1 amide bonds. The number of aromatic nitrogens is 4. The van der Waals surface area contributed by atoms with E-state index in [0.29, 0.717) is 17.1 Å². The zero-order chi connectivity index (χ0) is 21.1. The Balaban J connectivity index is 1.57. The van der Waals surface area contributed by atoms with Crippen LogP contribution in [-0.2, 0) is 11.2 Å². The highest BCUT2D eigenvalue weighted by atomic mass is 16.2. The number of aromatic amines is 1. The Bertz CT molecular complexity index is 1120. The van der Waals surface area contributed by atoms with E-state index in [9.17, 15) is 4.79 Å². The molecule has 0 aliphatic carbocycles. The van der Waals surface area contributed by atoms with E-state index in [1.54, 1.807) is 30.9 Å². The molecule has 8 heteroatoms. The third-order valence-electron chi connectivity index (χ3n) is 5.27. The van der Waals surface area contributed by atoms with Gasteiger partial charge in [0.15, 0.2) is 5.82 Å². The summed E-state index contributed by atoms with van der Waals surface area (Å²) in [5, 5.41) is 4.11. The Kier molecular flexibility index (Phi) is 5.38. The van der Waals surface area contributed by atoms with Gasteiger partial charge in [0.25, 0.3) is 5.91 Å². The van der Waals surface area contributed by atoms with Crippen LogP contribution in [0.5, 0.6) is 0 Å². The number of anilines is 1. The predicted octanol–water partition coefficient (Wildman–Crippen LogP) is 2.41. The normalized spacial score (nSPS) is 14.7. The Morgan fingerprint density at radius 3 is 2.57 bits per heavy atom. The van der Waals surface area contributed by atoms with Gasteiger partial charge < -0.3 is 9.88 Å². The number of nitrogens with zero attached hydrogens (tertiary/aromatic N) is 5. The van der Waals surface area contributed by atoms with Crippen LogP contribution < -0.4 is 10.3 Å². The molecule has 0 spiro atoms. The molecule has 0 radical (unpaired) electrons. The van der Waals surface area contributed by atoms with Crippen molar-refractivity contribution in [1.29, 1.82) is 0 Å². The van der Waals surface area contributed by atoms with Crippen LogP contribution in [0.1, 0.15) is 28.3 Å². The highest BCUT2D eigenvalue weighted by Gasteiger charge is 2.26. The van der Waals surface area contributed by atoms with Crippen molar-refractivity contribution in [2.24, 2.45) is 5.10 Å². The van der Waals surface area contributed by atoms with Crippen molar-refractivity contribution in [1.82, 2.24) is 25.4 Å². The zero-order valence-electron chi connectivity index (χ0n) is 17.2. The first-order valence-electron chi connectivity index (χ1n) is 9.71. The summed E-state index contributed by atoms with van der Waals surface area (Å²) < 4.78 is 0. The van der Waals surface area contributed by atoms with Gasteiger partial charge in [-0.15, -0.1) is 0 Å².